The zero-order valence-corrected chi connectivity index (χ0v) is 16.3. The number of nitrogens with zero attached hydrogens (tertiary/aromatic N) is 6. The van der Waals surface area contributed by atoms with Crippen molar-refractivity contribution in [2.24, 2.45) is 0 Å². The highest BCUT2D eigenvalue weighted by molar-refractivity contribution is 7.99. The molecule has 27 heavy (non-hydrogen) atoms. The Kier molecular flexibility index (Phi) is 5.47. The maximum atomic E-state index is 12.0. The highest BCUT2D eigenvalue weighted by Gasteiger charge is 2.26. The first kappa shape index (κ1) is 18.1. The second-order valence-electron chi connectivity index (χ2n) is 6.49. The van der Waals surface area contributed by atoms with Crippen molar-refractivity contribution >= 4 is 40.7 Å². The number of piperazine rings is 1. The lowest BCUT2D eigenvalue weighted by atomic mass is 10.3. The molecule has 0 aromatic carbocycles. The minimum absolute atomic E-state index is 0.241. The van der Waals surface area contributed by atoms with Crippen molar-refractivity contribution in [1.82, 2.24) is 19.9 Å². The Balaban J connectivity index is 1.60. The van der Waals surface area contributed by atoms with Gasteiger partial charge in [-0.05, 0) is 19.1 Å². The maximum Gasteiger partial charge on any atom is 0.409 e. The highest BCUT2D eigenvalue weighted by atomic mass is 32.2. The first-order chi connectivity index (χ1) is 13.3. The second-order valence-corrected chi connectivity index (χ2v) is 7.72. The fourth-order valence-corrected chi connectivity index (χ4v) is 4.28. The number of carbonyl (C=O) groups excluding carboxylic acids is 1. The van der Waals surface area contributed by atoms with Gasteiger partial charge in [-0.2, -0.15) is 16.7 Å². The van der Waals surface area contributed by atoms with Crippen LogP contribution in [0.15, 0.2) is 18.3 Å². The van der Waals surface area contributed by atoms with Crippen LogP contribution in [0.3, 0.4) is 0 Å². The molecule has 9 heteroatoms. The molecule has 1 amide bonds. The van der Waals surface area contributed by atoms with E-state index in [0.717, 1.165) is 47.4 Å². The molecule has 2 saturated heterocycles. The normalized spacial score (nSPS) is 18.0. The number of fused-ring (bicyclic) bond motifs is 1. The van der Waals surface area contributed by atoms with Gasteiger partial charge in [-0.3, -0.25) is 4.98 Å². The average Bonchev–Trinajstić information content (AvgIpc) is 2.74. The number of rotatable bonds is 3. The van der Waals surface area contributed by atoms with Crippen LogP contribution in [0.25, 0.3) is 11.0 Å². The average molecular weight is 388 g/mol. The van der Waals surface area contributed by atoms with E-state index in [4.69, 9.17) is 14.7 Å². The molecule has 0 radical (unpaired) electrons. The molecule has 2 aromatic heterocycles. The molecule has 0 bridgehead atoms. The number of amides is 1. The Hall–Kier alpha value is -2.29. The van der Waals surface area contributed by atoms with E-state index in [1.807, 2.05) is 30.8 Å². The molecule has 2 aliphatic rings. The maximum absolute atomic E-state index is 12.0. The highest BCUT2D eigenvalue weighted by Crippen LogP contribution is 2.27. The first-order valence-corrected chi connectivity index (χ1v) is 10.5. The molecule has 0 N–H and O–H groups in total. The lowest BCUT2D eigenvalue weighted by Crippen LogP contribution is -2.49. The molecule has 0 atom stereocenters. The summed E-state index contributed by atoms with van der Waals surface area (Å²) in [5.41, 5.74) is 1.68. The van der Waals surface area contributed by atoms with Gasteiger partial charge in [0.05, 0.1) is 12.1 Å². The summed E-state index contributed by atoms with van der Waals surface area (Å²) in [4.78, 5) is 32.3. The second kappa shape index (κ2) is 8.16. The van der Waals surface area contributed by atoms with Crippen LogP contribution in [-0.4, -0.2) is 83.3 Å². The quantitative estimate of drug-likeness (QED) is 0.789. The lowest BCUT2D eigenvalue weighted by molar-refractivity contribution is 0.105. The van der Waals surface area contributed by atoms with E-state index in [0.29, 0.717) is 32.8 Å². The summed E-state index contributed by atoms with van der Waals surface area (Å²) in [6.45, 7) is 6.80. The van der Waals surface area contributed by atoms with Crippen LogP contribution in [0, 0.1) is 0 Å². The third-order valence-corrected chi connectivity index (χ3v) is 5.77. The third-order valence-electron chi connectivity index (χ3n) is 4.82. The monoisotopic (exact) mass is 388 g/mol. The van der Waals surface area contributed by atoms with Crippen LogP contribution in [0.5, 0.6) is 0 Å². The van der Waals surface area contributed by atoms with E-state index >= 15 is 0 Å². The number of pyridine rings is 1. The van der Waals surface area contributed by atoms with Gasteiger partial charge in [0.2, 0.25) is 5.95 Å². The summed E-state index contributed by atoms with van der Waals surface area (Å²) in [5, 5.41) is 0. The molecule has 4 rings (SSSR count). The Morgan fingerprint density at radius 1 is 1.11 bits per heavy atom. The van der Waals surface area contributed by atoms with Crippen LogP contribution >= 0.6 is 11.8 Å². The van der Waals surface area contributed by atoms with Gasteiger partial charge < -0.3 is 19.4 Å². The summed E-state index contributed by atoms with van der Waals surface area (Å²) >= 11 is 1.97. The molecule has 144 valence electrons. The summed E-state index contributed by atoms with van der Waals surface area (Å²) in [6.07, 6.45) is 1.54. The van der Waals surface area contributed by atoms with E-state index < -0.39 is 0 Å². The molecular weight excluding hydrogens is 364 g/mol. The predicted octanol–water partition coefficient (Wildman–Crippen LogP) is 1.86. The molecule has 0 saturated carbocycles. The molecule has 4 heterocycles. The van der Waals surface area contributed by atoms with Gasteiger partial charge in [0.25, 0.3) is 0 Å². The first-order valence-electron chi connectivity index (χ1n) is 9.38. The molecule has 0 spiro atoms. The van der Waals surface area contributed by atoms with Gasteiger partial charge in [0.15, 0.2) is 5.82 Å². The van der Waals surface area contributed by atoms with Crippen LogP contribution in [0.4, 0.5) is 16.6 Å². The van der Waals surface area contributed by atoms with Gasteiger partial charge in [-0.25, -0.2) is 9.78 Å². The molecule has 8 nitrogen and oxygen atoms in total. The SMILES string of the molecule is CCOC(=O)N1CCN(c2nc(N3CCSCC3)nc3cccnc23)CC1. The van der Waals surface area contributed by atoms with Crippen LogP contribution in [0.2, 0.25) is 0 Å². The zero-order valence-electron chi connectivity index (χ0n) is 15.5. The van der Waals surface area contributed by atoms with Gasteiger partial charge in [-0.15, -0.1) is 0 Å². The predicted molar refractivity (Wildman–Crippen MR) is 108 cm³/mol. The van der Waals surface area contributed by atoms with E-state index in [1.54, 1.807) is 11.1 Å². The zero-order chi connectivity index (χ0) is 18.6. The van der Waals surface area contributed by atoms with Crippen LogP contribution in [-0.2, 0) is 4.74 Å². The fourth-order valence-electron chi connectivity index (χ4n) is 3.38. The number of thioether (sulfide) groups is 1. The molecule has 2 aliphatic heterocycles. The van der Waals surface area contributed by atoms with Crippen molar-refractivity contribution < 1.29 is 9.53 Å². The number of ether oxygens (including phenoxy) is 1. The lowest BCUT2D eigenvalue weighted by Gasteiger charge is -2.35. The number of hydrogen-bond donors (Lipinski definition) is 0. The van der Waals surface area contributed by atoms with Gasteiger partial charge in [-0.1, -0.05) is 0 Å². The van der Waals surface area contributed by atoms with E-state index in [1.165, 1.54) is 0 Å². The van der Waals surface area contributed by atoms with Crippen LogP contribution < -0.4 is 9.80 Å². The van der Waals surface area contributed by atoms with Crippen molar-refractivity contribution in [3.8, 4) is 0 Å². The van der Waals surface area contributed by atoms with E-state index in [9.17, 15) is 4.79 Å². The van der Waals surface area contributed by atoms with Gasteiger partial charge in [0.1, 0.15) is 5.52 Å². The minimum atomic E-state index is -0.241. The van der Waals surface area contributed by atoms with Crippen molar-refractivity contribution in [2.45, 2.75) is 6.92 Å². The minimum Gasteiger partial charge on any atom is -0.450 e. The number of carbonyl (C=O) groups is 1. The Morgan fingerprint density at radius 2 is 1.89 bits per heavy atom. The van der Waals surface area contributed by atoms with E-state index in [2.05, 4.69) is 14.8 Å². The molecule has 0 unspecified atom stereocenters. The standard InChI is InChI=1S/C18H24N6O2S/c1-2-26-18(25)24-8-6-22(7-9-24)16-15-14(4-3-5-19-15)20-17(21-16)23-10-12-27-13-11-23/h3-5H,2,6-13H2,1H3. The summed E-state index contributed by atoms with van der Waals surface area (Å²) in [5.74, 6) is 3.83. The Bertz CT molecular complexity index is 806. The number of hydrogen-bond acceptors (Lipinski definition) is 8. The molecule has 0 aliphatic carbocycles. The largest absolute Gasteiger partial charge is 0.450 e. The summed E-state index contributed by atoms with van der Waals surface area (Å²) < 4.78 is 5.11. The van der Waals surface area contributed by atoms with E-state index in [-0.39, 0.29) is 6.09 Å². The Morgan fingerprint density at radius 3 is 2.63 bits per heavy atom. The van der Waals surface area contributed by atoms with Crippen molar-refractivity contribution in [3.05, 3.63) is 18.3 Å². The number of aromatic nitrogens is 3. The van der Waals surface area contributed by atoms with Crippen molar-refractivity contribution in [3.63, 3.8) is 0 Å². The summed E-state index contributed by atoms with van der Waals surface area (Å²) in [7, 11) is 0. The molecule has 2 fully saturated rings. The van der Waals surface area contributed by atoms with Gasteiger partial charge in [0, 0.05) is 57.0 Å². The molecular formula is C18H24N6O2S. The molecule has 2 aromatic rings. The fraction of sp³-hybridized carbons (Fsp3) is 0.556. The van der Waals surface area contributed by atoms with Crippen molar-refractivity contribution in [1.29, 1.82) is 0 Å². The van der Waals surface area contributed by atoms with Gasteiger partial charge >= 0.3 is 6.09 Å². The van der Waals surface area contributed by atoms with Crippen molar-refractivity contribution in [2.75, 3.05) is 67.2 Å². The topological polar surface area (TPSA) is 74.7 Å². The number of anilines is 2. The van der Waals surface area contributed by atoms with Crippen LogP contribution in [0.1, 0.15) is 6.92 Å². The third kappa shape index (κ3) is 3.87. The smallest absolute Gasteiger partial charge is 0.409 e. The summed E-state index contributed by atoms with van der Waals surface area (Å²) in [6, 6.07) is 3.90. The Labute approximate surface area is 162 Å².